The summed E-state index contributed by atoms with van der Waals surface area (Å²) in [7, 11) is 0. The Morgan fingerprint density at radius 2 is 2.19 bits per heavy atom. The summed E-state index contributed by atoms with van der Waals surface area (Å²) in [6.07, 6.45) is 3.52. The van der Waals surface area contributed by atoms with Crippen molar-refractivity contribution in [3.8, 4) is 6.07 Å². The summed E-state index contributed by atoms with van der Waals surface area (Å²) in [6, 6.07) is 6.39. The van der Waals surface area contributed by atoms with Crippen LogP contribution in [0.1, 0.15) is 37.8 Å². The first kappa shape index (κ1) is 14.0. The first-order valence-corrected chi connectivity index (χ1v) is 7.33. The molecule has 0 aliphatic carbocycles. The second-order valence-electron chi connectivity index (χ2n) is 4.15. The van der Waals surface area contributed by atoms with E-state index < -0.39 is 0 Å². The van der Waals surface area contributed by atoms with Gasteiger partial charge in [-0.15, -0.1) is 0 Å². The SMILES string of the molecule is CCCC(C)Cc1cc(Br)c(I)c(C#N)c1. The molecule has 0 bridgehead atoms. The van der Waals surface area contributed by atoms with Crippen LogP contribution in [0.15, 0.2) is 16.6 Å². The zero-order chi connectivity index (χ0) is 12.1. The molecular weight excluding hydrogens is 377 g/mol. The second kappa shape index (κ2) is 6.61. The van der Waals surface area contributed by atoms with Gasteiger partial charge in [-0.05, 0) is 68.6 Å². The number of benzene rings is 1. The number of hydrogen-bond donors (Lipinski definition) is 0. The maximum atomic E-state index is 9.03. The summed E-state index contributed by atoms with van der Waals surface area (Å²) in [5.41, 5.74) is 2.03. The van der Waals surface area contributed by atoms with Gasteiger partial charge in [0, 0.05) is 8.04 Å². The molecule has 1 atom stereocenters. The van der Waals surface area contributed by atoms with E-state index in [4.69, 9.17) is 5.26 Å². The minimum Gasteiger partial charge on any atom is -0.192 e. The van der Waals surface area contributed by atoms with Crippen LogP contribution in [0.2, 0.25) is 0 Å². The van der Waals surface area contributed by atoms with Gasteiger partial charge >= 0.3 is 0 Å². The van der Waals surface area contributed by atoms with Crippen molar-refractivity contribution in [2.24, 2.45) is 5.92 Å². The van der Waals surface area contributed by atoms with E-state index in [1.54, 1.807) is 0 Å². The van der Waals surface area contributed by atoms with Crippen LogP contribution in [0.25, 0.3) is 0 Å². The Balaban J connectivity index is 2.91. The number of halogens is 2. The maximum absolute atomic E-state index is 9.03. The molecule has 0 amide bonds. The lowest BCUT2D eigenvalue weighted by Crippen LogP contribution is -2.00. The largest absolute Gasteiger partial charge is 0.192 e. The summed E-state index contributed by atoms with van der Waals surface area (Å²) in [4.78, 5) is 0. The van der Waals surface area contributed by atoms with Crippen LogP contribution in [0, 0.1) is 20.8 Å². The van der Waals surface area contributed by atoms with Gasteiger partial charge in [0.15, 0.2) is 0 Å². The van der Waals surface area contributed by atoms with Crippen molar-refractivity contribution in [3.63, 3.8) is 0 Å². The minimum atomic E-state index is 0.684. The monoisotopic (exact) mass is 391 g/mol. The van der Waals surface area contributed by atoms with Gasteiger partial charge in [0.25, 0.3) is 0 Å². The first-order chi connectivity index (χ1) is 7.58. The molecule has 0 aliphatic heterocycles. The summed E-state index contributed by atoms with van der Waals surface area (Å²) in [6.45, 7) is 4.47. The fourth-order valence-corrected chi connectivity index (χ4v) is 2.78. The Hall–Kier alpha value is -0.0800. The molecule has 16 heavy (non-hydrogen) atoms. The molecule has 0 spiro atoms. The third kappa shape index (κ3) is 3.74. The number of hydrogen-bond acceptors (Lipinski definition) is 1. The Bertz CT molecular complexity index is 409. The molecule has 1 aromatic rings. The highest BCUT2D eigenvalue weighted by Crippen LogP contribution is 2.26. The summed E-state index contributed by atoms with van der Waals surface area (Å²) in [5, 5.41) is 9.03. The zero-order valence-corrected chi connectivity index (χ0v) is 13.3. The quantitative estimate of drug-likeness (QED) is 0.669. The molecular formula is C13H15BrIN. The average molecular weight is 392 g/mol. The molecule has 0 aliphatic rings. The Kier molecular flexibility index (Phi) is 5.77. The Labute approximate surface area is 120 Å². The van der Waals surface area contributed by atoms with Gasteiger partial charge in [0.1, 0.15) is 6.07 Å². The molecule has 86 valence electrons. The molecule has 0 radical (unpaired) electrons. The van der Waals surface area contributed by atoms with Crippen molar-refractivity contribution in [2.75, 3.05) is 0 Å². The highest BCUT2D eigenvalue weighted by atomic mass is 127. The summed E-state index contributed by atoms with van der Waals surface area (Å²) < 4.78 is 2.04. The molecule has 1 nitrogen and oxygen atoms in total. The number of rotatable bonds is 4. The van der Waals surface area contributed by atoms with E-state index in [2.05, 4.69) is 64.5 Å². The van der Waals surface area contributed by atoms with E-state index in [0.29, 0.717) is 5.92 Å². The molecule has 1 aromatic carbocycles. The minimum absolute atomic E-state index is 0.684. The van der Waals surface area contributed by atoms with Gasteiger partial charge < -0.3 is 0 Å². The molecule has 0 heterocycles. The molecule has 1 unspecified atom stereocenters. The third-order valence-corrected chi connectivity index (χ3v) is 5.10. The predicted octanol–water partition coefficient (Wildman–Crippen LogP) is 4.90. The Morgan fingerprint density at radius 1 is 1.50 bits per heavy atom. The first-order valence-electron chi connectivity index (χ1n) is 5.46. The van der Waals surface area contributed by atoms with Crippen molar-refractivity contribution in [2.45, 2.75) is 33.1 Å². The van der Waals surface area contributed by atoms with Crippen LogP contribution in [0.3, 0.4) is 0 Å². The van der Waals surface area contributed by atoms with Crippen molar-refractivity contribution in [3.05, 3.63) is 31.3 Å². The lowest BCUT2D eigenvalue weighted by atomic mass is 9.96. The number of nitrogens with zero attached hydrogens (tertiary/aromatic N) is 1. The standard InChI is InChI=1S/C13H15BrIN/c1-3-4-9(2)5-10-6-11(8-16)13(15)12(14)7-10/h6-7,9H,3-5H2,1-2H3. The van der Waals surface area contributed by atoms with Gasteiger partial charge in [-0.1, -0.05) is 26.7 Å². The van der Waals surface area contributed by atoms with Gasteiger partial charge in [-0.2, -0.15) is 5.26 Å². The van der Waals surface area contributed by atoms with E-state index >= 15 is 0 Å². The van der Waals surface area contributed by atoms with E-state index in [9.17, 15) is 0 Å². The van der Waals surface area contributed by atoms with Crippen molar-refractivity contribution in [1.82, 2.24) is 0 Å². The second-order valence-corrected chi connectivity index (χ2v) is 6.08. The average Bonchev–Trinajstić information content (AvgIpc) is 2.23. The van der Waals surface area contributed by atoms with E-state index in [-0.39, 0.29) is 0 Å². The molecule has 0 N–H and O–H groups in total. The normalized spacial score (nSPS) is 12.2. The maximum Gasteiger partial charge on any atom is 0.100 e. The van der Waals surface area contributed by atoms with E-state index in [1.165, 1.54) is 18.4 Å². The topological polar surface area (TPSA) is 23.8 Å². The summed E-state index contributed by atoms with van der Waals surface area (Å²) in [5.74, 6) is 0.684. The molecule has 1 rings (SSSR count). The van der Waals surface area contributed by atoms with Crippen LogP contribution in [-0.4, -0.2) is 0 Å². The van der Waals surface area contributed by atoms with Crippen LogP contribution in [-0.2, 0) is 6.42 Å². The van der Waals surface area contributed by atoms with Crippen molar-refractivity contribution < 1.29 is 0 Å². The highest BCUT2D eigenvalue weighted by molar-refractivity contribution is 14.1. The van der Waals surface area contributed by atoms with Gasteiger partial charge in [-0.25, -0.2) is 0 Å². The van der Waals surface area contributed by atoms with E-state index in [0.717, 1.165) is 20.0 Å². The van der Waals surface area contributed by atoms with Crippen LogP contribution in [0.5, 0.6) is 0 Å². The lowest BCUT2D eigenvalue weighted by Gasteiger charge is -2.11. The zero-order valence-electron chi connectivity index (χ0n) is 9.56. The smallest absolute Gasteiger partial charge is 0.100 e. The van der Waals surface area contributed by atoms with Crippen LogP contribution >= 0.6 is 38.5 Å². The fourth-order valence-electron chi connectivity index (χ4n) is 1.84. The fraction of sp³-hybridized carbons (Fsp3) is 0.462. The highest BCUT2D eigenvalue weighted by Gasteiger charge is 2.09. The Morgan fingerprint density at radius 3 is 2.75 bits per heavy atom. The molecule has 0 aromatic heterocycles. The lowest BCUT2D eigenvalue weighted by molar-refractivity contribution is 0.522. The molecule has 0 fully saturated rings. The van der Waals surface area contributed by atoms with Gasteiger partial charge in [0.2, 0.25) is 0 Å². The van der Waals surface area contributed by atoms with Gasteiger partial charge in [0.05, 0.1) is 5.56 Å². The number of nitriles is 1. The van der Waals surface area contributed by atoms with Crippen molar-refractivity contribution in [1.29, 1.82) is 5.26 Å². The molecule has 0 saturated heterocycles. The third-order valence-electron chi connectivity index (χ3n) is 2.57. The van der Waals surface area contributed by atoms with E-state index in [1.807, 2.05) is 6.07 Å². The van der Waals surface area contributed by atoms with Crippen molar-refractivity contribution >= 4 is 38.5 Å². The molecule has 0 saturated carbocycles. The molecule has 3 heteroatoms. The van der Waals surface area contributed by atoms with Gasteiger partial charge in [-0.3, -0.25) is 0 Å². The summed E-state index contributed by atoms with van der Waals surface area (Å²) >= 11 is 5.71. The van der Waals surface area contributed by atoms with Crippen LogP contribution < -0.4 is 0 Å². The predicted molar refractivity (Wildman–Crippen MR) is 79.4 cm³/mol. The van der Waals surface area contributed by atoms with Crippen LogP contribution in [0.4, 0.5) is 0 Å².